The van der Waals surface area contributed by atoms with Gasteiger partial charge in [0.2, 0.25) is 0 Å². The van der Waals surface area contributed by atoms with Crippen LogP contribution in [0.4, 0.5) is 4.79 Å². The molecule has 4 aromatic rings. The molecule has 0 aliphatic carbocycles. The van der Waals surface area contributed by atoms with Gasteiger partial charge in [-0.25, -0.2) is 4.79 Å². The van der Waals surface area contributed by atoms with Gasteiger partial charge in [-0.3, -0.25) is 0 Å². The first-order valence-corrected chi connectivity index (χ1v) is 12.7. The molecule has 0 bridgehead atoms. The van der Waals surface area contributed by atoms with E-state index >= 15 is 0 Å². The van der Waals surface area contributed by atoms with Gasteiger partial charge in [-0.15, -0.1) is 0 Å². The number of rotatable bonds is 10. The molecule has 0 amide bonds. The summed E-state index contributed by atoms with van der Waals surface area (Å²) in [5.41, 5.74) is 4.46. The third kappa shape index (κ3) is 6.68. The van der Waals surface area contributed by atoms with Crippen molar-refractivity contribution in [1.29, 1.82) is 0 Å². The first kappa shape index (κ1) is 27.1. The van der Waals surface area contributed by atoms with Crippen molar-refractivity contribution in [3.63, 3.8) is 0 Å². The summed E-state index contributed by atoms with van der Waals surface area (Å²) in [7, 11) is 3.42. The van der Waals surface area contributed by atoms with Crippen molar-refractivity contribution >= 4 is 6.16 Å². The Morgan fingerprint density at radius 3 is 1.13 bits per heavy atom. The SMILES string of the molecule is COC(C)C(c1ccccc1)c1ccc(OC(=O)Oc2ccc(C(c3ccccc3)C(C)OC)cc2)cc1. The highest BCUT2D eigenvalue weighted by Crippen LogP contribution is 2.32. The van der Waals surface area contributed by atoms with Crippen molar-refractivity contribution in [2.45, 2.75) is 37.9 Å². The van der Waals surface area contributed by atoms with Crippen LogP contribution in [0.2, 0.25) is 0 Å². The fourth-order valence-electron chi connectivity index (χ4n) is 4.76. The second kappa shape index (κ2) is 13.0. The van der Waals surface area contributed by atoms with Crippen molar-refractivity contribution in [2.75, 3.05) is 14.2 Å². The van der Waals surface area contributed by atoms with E-state index in [0.717, 1.165) is 22.3 Å². The van der Waals surface area contributed by atoms with E-state index in [1.165, 1.54) is 0 Å². The molecule has 0 aliphatic rings. The molecule has 0 aromatic heterocycles. The average molecular weight is 511 g/mol. The number of hydrogen-bond acceptors (Lipinski definition) is 5. The molecule has 196 valence electrons. The molecule has 0 radical (unpaired) electrons. The van der Waals surface area contributed by atoms with Crippen LogP contribution >= 0.6 is 0 Å². The third-order valence-corrected chi connectivity index (χ3v) is 6.88. The standard InChI is InChI=1S/C33H34O5/c1-23(35-3)31(25-11-7-5-8-12-25)27-15-19-29(20-16-27)37-33(34)38-30-21-17-28(18-22-30)32(24(2)36-4)26-13-9-6-10-14-26/h5-24,31-32H,1-4H3. The molecular weight excluding hydrogens is 476 g/mol. The van der Waals surface area contributed by atoms with E-state index < -0.39 is 6.16 Å². The highest BCUT2D eigenvalue weighted by molar-refractivity contribution is 5.67. The molecule has 5 heteroatoms. The topological polar surface area (TPSA) is 54.0 Å². The highest BCUT2D eigenvalue weighted by atomic mass is 16.7. The Balaban J connectivity index is 1.42. The Bertz CT molecular complexity index is 1170. The summed E-state index contributed by atoms with van der Waals surface area (Å²) in [6, 6.07) is 35.3. The molecule has 0 saturated carbocycles. The zero-order valence-corrected chi connectivity index (χ0v) is 22.2. The molecule has 5 nitrogen and oxygen atoms in total. The lowest BCUT2D eigenvalue weighted by Crippen LogP contribution is -2.19. The van der Waals surface area contributed by atoms with Crippen LogP contribution in [0.1, 0.15) is 47.9 Å². The zero-order valence-electron chi connectivity index (χ0n) is 22.2. The molecule has 4 rings (SSSR count). The molecule has 38 heavy (non-hydrogen) atoms. The van der Waals surface area contributed by atoms with Crippen LogP contribution in [0.15, 0.2) is 109 Å². The maximum Gasteiger partial charge on any atom is 0.519 e. The third-order valence-electron chi connectivity index (χ3n) is 6.88. The summed E-state index contributed by atoms with van der Waals surface area (Å²) in [6.45, 7) is 4.09. The summed E-state index contributed by atoms with van der Waals surface area (Å²) >= 11 is 0. The van der Waals surface area contributed by atoms with E-state index in [2.05, 4.69) is 24.3 Å². The Morgan fingerprint density at radius 1 is 0.500 bits per heavy atom. The second-order valence-electron chi connectivity index (χ2n) is 9.25. The van der Waals surface area contributed by atoms with Crippen LogP contribution in [0, 0.1) is 0 Å². The van der Waals surface area contributed by atoms with Crippen LogP contribution in [0.3, 0.4) is 0 Å². The quantitative estimate of drug-likeness (QED) is 0.162. The first-order chi connectivity index (χ1) is 18.5. The van der Waals surface area contributed by atoms with Gasteiger partial charge in [-0.05, 0) is 60.4 Å². The minimum absolute atomic E-state index is 0.0227. The Hall–Kier alpha value is -3.93. The molecule has 0 heterocycles. The van der Waals surface area contributed by atoms with Gasteiger partial charge in [0, 0.05) is 26.1 Å². The van der Waals surface area contributed by atoms with Crippen molar-refractivity contribution < 1.29 is 23.7 Å². The molecule has 0 spiro atoms. The summed E-state index contributed by atoms with van der Waals surface area (Å²) in [4.78, 5) is 12.5. The van der Waals surface area contributed by atoms with Crippen LogP contribution < -0.4 is 9.47 Å². The Morgan fingerprint density at radius 2 is 0.816 bits per heavy atom. The molecule has 4 aromatic carbocycles. The molecule has 4 atom stereocenters. The number of methoxy groups -OCH3 is 2. The van der Waals surface area contributed by atoms with Gasteiger partial charge >= 0.3 is 6.16 Å². The van der Waals surface area contributed by atoms with Gasteiger partial charge in [0.15, 0.2) is 0 Å². The fourth-order valence-corrected chi connectivity index (χ4v) is 4.76. The zero-order chi connectivity index (χ0) is 26.9. The smallest absolute Gasteiger partial charge is 0.395 e. The van der Waals surface area contributed by atoms with Crippen molar-refractivity contribution in [3.8, 4) is 11.5 Å². The Labute approximate surface area is 225 Å². The van der Waals surface area contributed by atoms with E-state index in [-0.39, 0.29) is 24.0 Å². The van der Waals surface area contributed by atoms with Crippen LogP contribution in [0.25, 0.3) is 0 Å². The van der Waals surface area contributed by atoms with Crippen molar-refractivity contribution in [3.05, 3.63) is 131 Å². The lowest BCUT2D eigenvalue weighted by molar-refractivity contribution is 0.104. The monoisotopic (exact) mass is 510 g/mol. The minimum atomic E-state index is -0.791. The van der Waals surface area contributed by atoms with E-state index in [1.807, 2.05) is 74.5 Å². The summed E-state index contributed by atoms with van der Waals surface area (Å²) in [5, 5.41) is 0. The molecule has 4 unspecified atom stereocenters. The van der Waals surface area contributed by atoms with Crippen molar-refractivity contribution in [2.24, 2.45) is 0 Å². The highest BCUT2D eigenvalue weighted by Gasteiger charge is 2.23. The van der Waals surface area contributed by atoms with E-state index in [0.29, 0.717) is 11.5 Å². The molecular formula is C33H34O5. The molecule has 0 aliphatic heterocycles. The first-order valence-electron chi connectivity index (χ1n) is 12.7. The van der Waals surface area contributed by atoms with E-state index in [4.69, 9.17) is 18.9 Å². The second-order valence-corrected chi connectivity index (χ2v) is 9.25. The molecule has 0 fully saturated rings. The summed E-state index contributed by atoms with van der Waals surface area (Å²) in [5.74, 6) is 0.929. The van der Waals surface area contributed by atoms with Crippen LogP contribution in [0.5, 0.6) is 11.5 Å². The van der Waals surface area contributed by atoms with Gasteiger partial charge in [-0.2, -0.15) is 0 Å². The molecule has 0 saturated heterocycles. The maximum absolute atomic E-state index is 12.5. The molecule has 0 N–H and O–H groups in total. The maximum atomic E-state index is 12.5. The fraction of sp³-hybridized carbons (Fsp3) is 0.242. The number of carbonyl (C=O) groups excluding carboxylic acids is 1. The predicted molar refractivity (Wildman–Crippen MR) is 149 cm³/mol. The number of ether oxygens (including phenoxy) is 4. The van der Waals surface area contributed by atoms with E-state index in [1.54, 1.807) is 38.5 Å². The van der Waals surface area contributed by atoms with Crippen LogP contribution in [-0.2, 0) is 9.47 Å². The predicted octanol–water partition coefficient (Wildman–Crippen LogP) is 7.60. The van der Waals surface area contributed by atoms with Gasteiger partial charge in [0.05, 0.1) is 12.2 Å². The van der Waals surface area contributed by atoms with Gasteiger partial charge in [-0.1, -0.05) is 84.9 Å². The average Bonchev–Trinajstić information content (AvgIpc) is 2.96. The minimum Gasteiger partial charge on any atom is -0.395 e. The lowest BCUT2D eigenvalue weighted by Gasteiger charge is -2.24. The largest absolute Gasteiger partial charge is 0.519 e. The van der Waals surface area contributed by atoms with Crippen molar-refractivity contribution in [1.82, 2.24) is 0 Å². The number of carbonyl (C=O) groups is 1. The Kier molecular flexibility index (Phi) is 9.30. The summed E-state index contributed by atoms with van der Waals surface area (Å²) in [6.07, 6.45) is -0.837. The normalized spacial score (nSPS) is 14.2. The lowest BCUT2D eigenvalue weighted by atomic mass is 9.87. The van der Waals surface area contributed by atoms with Gasteiger partial charge in [0.1, 0.15) is 11.5 Å². The van der Waals surface area contributed by atoms with Gasteiger partial charge < -0.3 is 18.9 Å². The van der Waals surface area contributed by atoms with Gasteiger partial charge in [0.25, 0.3) is 0 Å². The van der Waals surface area contributed by atoms with E-state index in [9.17, 15) is 4.79 Å². The number of benzene rings is 4. The summed E-state index contributed by atoms with van der Waals surface area (Å²) < 4.78 is 22.1. The number of hydrogen-bond donors (Lipinski definition) is 0. The van der Waals surface area contributed by atoms with Crippen LogP contribution in [-0.4, -0.2) is 32.6 Å².